The fraction of sp³-hybridized carbons (Fsp3) is 0. The molecule has 0 atom stereocenters. The van der Waals surface area contributed by atoms with Crippen molar-refractivity contribution in [1.82, 2.24) is 0 Å². The first-order valence-corrected chi connectivity index (χ1v) is 20.6. The van der Waals surface area contributed by atoms with Crippen molar-refractivity contribution in [2.45, 2.75) is 0 Å². The molecule has 0 N–H and O–H groups in total. The van der Waals surface area contributed by atoms with Gasteiger partial charge in [-0.25, -0.2) is 0 Å². The number of nitrogens with zero attached hydrogens (tertiary/aromatic N) is 1. The highest BCUT2D eigenvalue weighted by molar-refractivity contribution is 6.18. The summed E-state index contributed by atoms with van der Waals surface area (Å²) in [6.45, 7) is 0. The van der Waals surface area contributed by atoms with Crippen molar-refractivity contribution in [1.29, 1.82) is 0 Å². The van der Waals surface area contributed by atoms with E-state index in [-0.39, 0.29) is 0 Å². The third-order valence-corrected chi connectivity index (χ3v) is 12.2. The normalized spacial score (nSPS) is 11.7. The van der Waals surface area contributed by atoms with Crippen LogP contribution >= 0.6 is 0 Å². The summed E-state index contributed by atoms with van der Waals surface area (Å²) < 4.78 is 6.86. The summed E-state index contributed by atoms with van der Waals surface area (Å²) >= 11 is 0. The second-order valence-electron chi connectivity index (χ2n) is 15.7. The lowest BCUT2D eigenvalue weighted by molar-refractivity contribution is 0.670. The van der Waals surface area contributed by atoms with Gasteiger partial charge in [0, 0.05) is 22.3 Å². The van der Waals surface area contributed by atoms with E-state index in [2.05, 4.69) is 229 Å². The van der Waals surface area contributed by atoms with Crippen LogP contribution in [-0.2, 0) is 0 Å². The van der Waals surface area contributed by atoms with Crippen LogP contribution in [0, 0.1) is 0 Å². The Balaban J connectivity index is 1.05. The van der Waals surface area contributed by atoms with Crippen LogP contribution < -0.4 is 4.90 Å². The number of hydrogen-bond acceptors (Lipinski definition) is 2. The van der Waals surface area contributed by atoms with Gasteiger partial charge in [0.1, 0.15) is 11.2 Å². The first kappa shape index (κ1) is 34.1. The Labute approximate surface area is 347 Å². The van der Waals surface area contributed by atoms with E-state index >= 15 is 0 Å². The van der Waals surface area contributed by atoms with Gasteiger partial charge in [0.2, 0.25) is 0 Å². The fourth-order valence-electron chi connectivity index (χ4n) is 9.24. The topological polar surface area (TPSA) is 16.4 Å². The number of rotatable bonds is 6. The molecule has 12 rings (SSSR count). The molecule has 0 amide bonds. The molecule has 12 aromatic rings. The molecule has 0 spiro atoms. The van der Waals surface area contributed by atoms with E-state index in [4.69, 9.17) is 4.42 Å². The summed E-state index contributed by atoms with van der Waals surface area (Å²) in [5, 5.41) is 12.1. The quantitative estimate of drug-likeness (QED) is 0.157. The van der Waals surface area contributed by atoms with E-state index in [1.165, 1.54) is 65.3 Å². The van der Waals surface area contributed by atoms with Crippen LogP contribution in [0.15, 0.2) is 229 Å². The summed E-state index contributed by atoms with van der Waals surface area (Å²) in [6, 6.07) is 81.2. The molecule has 1 heterocycles. The third kappa shape index (κ3) is 5.65. The first-order chi connectivity index (χ1) is 29.7. The number of furan rings is 1. The van der Waals surface area contributed by atoms with Gasteiger partial charge in [-0.3, -0.25) is 0 Å². The van der Waals surface area contributed by atoms with Gasteiger partial charge in [0.15, 0.2) is 0 Å². The van der Waals surface area contributed by atoms with Gasteiger partial charge in [-0.05, 0) is 119 Å². The molecule has 2 nitrogen and oxygen atoms in total. The van der Waals surface area contributed by atoms with Gasteiger partial charge in [0.05, 0.1) is 11.1 Å². The monoisotopic (exact) mass is 763 g/mol. The molecule has 1 aromatic heterocycles. The highest BCUT2D eigenvalue weighted by Crippen LogP contribution is 2.47. The molecule has 0 saturated carbocycles. The molecule has 0 radical (unpaired) electrons. The molecule has 0 fully saturated rings. The molecule has 2 heteroatoms. The van der Waals surface area contributed by atoms with E-state index in [0.29, 0.717) is 0 Å². The fourth-order valence-corrected chi connectivity index (χ4v) is 9.24. The van der Waals surface area contributed by atoms with Gasteiger partial charge in [0.25, 0.3) is 0 Å². The number of benzene rings is 11. The van der Waals surface area contributed by atoms with Gasteiger partial charge < -0.3 is 9.32 Å². The second-order valence-corrected chi connectivity index (χ2v) is 15.7. The smallest absolute Gasteiger partial charge is 0.145 e. The second kappa shape index (κ2) is 13.9. The average Bonchev–Trinajstić information content (AvgIpc) is 3.72. The van der Waals surface area contributed by atoms with Crippen LogP contribution in [0.2, 0.25) is 0 Å². The SMILES string of the molecule is c1ccc(-c2ccc(-c3ccc(N(c4ccc(-c5ccc6ccc7ccccc7c6c5)cc4)c4ccc5ccc6ccccc6c5c4)c4c3oc3ccccc34)cc2)cc1. The van der Waals surface area contributed by atoms with Gasteiger partial charge in [-0.15, -0.1) is 0 Å². The zero-order valence-corrected chi connectivity index (χ0v) is 32.7. The minimum atomic E-state index is 0.866. The predicted octanol–water partition coefficient (Wildman–Crippen LogP) is 16.7. The van der Waals surface area contributed by atoms with E-state index in [1.54, 1.807) is 0 Å². The van der Waals surface area contributed by atoms with Crippen LogP contribution in [0.25, 0.3) is 98.4 Å². The van der Waals surface area contributed by atoms with Crippen molar-refractivity contribution >= 4 is 82.1 Å². The minimum absolute atomic E-state index is 0.866. The number of para-hydroxylation sites is 1. The highest BCUT2D eigenvalue weighted by Gasteiger charge is 2.23. The van der Waals surface area contributed by atoms with Crippen LogP contribution in [0.1, 0.15) is 0 Å². The Morgan fingerprint density at radius 2 is 0.783 bits per heavy atom. The van der Waals surface area contributed by atoms with Crippen LogP contribution in [0.5, 0.6) is 0 Å². The molecule has 0 saturated heterocycles. The molecule has 280 valence electrons. The third-order valence-electron chi connectivity index (χ3n) is 12.2. The molecule has 0 aliphatic carbocycles. The number of anilines is 3. The van der Waals surface area contributed by atoms with Gasteiger partial charge in [-0.1, -0.05) is 176 Å². The maximum atomic E-state index is 6.86. The van der Waals surface area contributed by atoms with E-state index < -0.39 is 0 Å². The molecule has 0 unspecified atom stereocenters. The van der Waals surface area contributed by atoms with Crippen LogP contribution in [-0.4, -0.2) is 0 Å². The molecule has 0 aliphatic rings. The van der Waals surface area contributed by atoms with Crippen molar-refractivity contribution in [3.05, 3.63) is 224 Å². The van der Waals surface area contributed by atoms with E-state index in [0.717, 1.165) is 50.1 Å². The summed E-state index contributed by atoms with van der Waals surface area (Å²) in [6.07, 6.45) is 0. The number of fused-ring (bicyclic) bond motifs is 9. The van der Waals surface area contributed by atoms with Gasteiger partial charge >= 0.3 is 0 Å². The van der Waals surface area contributed by atoms with Crippen molar-refractivity contribution in [2.24, 2.45) is 0 Å². The maximum absolute atomic E-state index is 6.86. The lowest BCUT2D eigenvalue weighted by Gasteiger charge is -2.27. The van der Waals surface area contributed by atoms with E-state index in [1.807, 2.05) is 0 Å². The lowest BCUT2D eigenvalue weighted by atomic mass is 9.96. The predicted molar refractivity (Wildman–Crippen MR) is 255 cm³/mol. The Morgan fingerprint density at radius 1 is 0.300 bits per heavy atom. The van der Waals surface area contributed by atoms with E-state index in [9.17, 15) is 0 Å². The molecule has 11 aromatic carbocycles. The summed E-state index contributed by atoms with van der Waals surface area (Å²) in [4.78, 5) is 2.41. The molecular formula is C58H37NO. The van der Waals surface area contributed by atoms with Crippen molar-refractivity contribution in [3.8, 4) is 33.4 Å². The largest absolute Gasteiger partial charge is 0.455 e. The summed E-state index contributed by atoms with van der Waals surface area (Å²) in [7, 11) is 0. The van der Waals surface area contributed by atoms with Crippen molar-refractivity contribution in [3.63, 3.8) is 0 Å². The zero-order valence-electron chi connectivity index (χ0n) is 32.7. The summed E-state index contributed by atoms with van der Waals surface area (Å²) in [5.41, 5.74) is 11.9. The number of hydrogen-bond donors (Lipinski definition) is 0. The van der Waals surface area contributed by atoms with Crippen molar-refractivity contribution < 1.29 is 4.42 Å². The van der Waals surface area contributed by atoms with Crippen molar-refractivity contribution in [2.75, 3.05) is 4.90 Å². The minimum Gasteiger partial charge on any atom is -0.455 e. The molecule has 60 heavy (non-hydrogen) atoms. The first-order valence-electron chi connectivity index (χ1n) is 20.6. The Hall–Kier alpha value is -7.94. The van der Waals surface area contributed by atoms with Crippen LogP contribution in [0.3, 0.4) is 0 Å². The van der Waals surface area contributed by atoms with Crippen LogP contribution in [0.4, 0.5) is 17.1 Å². The lowest BCUT2D eigenvalue weighted by Crippen LogP contribution is -2.10. The Kier molecular flexibility index (Phi) is 7.89. The molecule has 0 bridgehead atoms. The summed E-state index contributed by atoms with van der Waals surface area (Å²) in [5.74, 6) is 0. The molecular weight excluding hydrogens is 727 g/mol. The zero-order chi connectivity index (χ0) is 39.6. The molecule has 0 aliphatic heterocycles. The Morgan fingerprint density at radius 3 is 1.50 bits per heavy atom. The average molecular weight is 764 g/mol. The maximum Gasteiger partial charge on any atom is 0.145 e. The Bertz CT molecular complexity index is 3580. The van der Waals surface area contributed by atoms with Gasteiger partial charge in [-0.2, -0.15) is 0 Å². The highest BCUT2D eigenvalue weighted by atomic mass is 16.3. The standard InChI is InChI=1S/C58H37NO/c1-2-10-38(11-3-1)39-18-20-43(21-19-39)51-34-35-55(57-52-16-8-9-17-56(52)60-58(51)57)59(48-33-30-45-25-23-42-13-5-7-15-50(42)54(45)37-48)47-31-28-40(29-32-47)46-27-26-44-24-22-41-12-4-6-14-49(41)53(44)36-46/h1-37H.